The van der Waals surface area contributed by atoms with E-state index in [2.05, 4.69) is 25.2 Å². The number of nitrogens with one attached hydrogen (secondary N) is 1. The predicted octanol–water partition coefficient (Wildman–Crippen LogP) is 4.40. The molecule has 1 aliphatic rings. The Morgan fingerprint density at radius 3 is 2.78 bits per heavy atom. The molecule has 1 amide bonds. The van der Waals surface area contributed by atoms with Gasteiger partial charge in [-0.3, -0.25) is 4.79 Å². The van der Waals surface area contributed by atoms with E-state index in [0.717, 1.165) is 24.2 Å². The van der Waals surface area contributed by atoms with Crippen LogP contribution in [-0.4, -0.2) is 47.1 Å². The fraction of sp³-hybridized carbons (Fsp3) is 0.333. The third kappa shape index (κ3) is 4.83. The number of carbonyl (C=O) groups is 1. The lowest BCUT2D eigenvalue weighted by molar-refractivity contribution is -0.140. The molecule has 5 rings (SSSR count). The van der Waals surface area contributed by atoms with Gasteiger partial charge < -0.3 is 25.1 Å². The Kier molecular flexibility index (Phi) is 6.50. The van der Waals surface area contributed by atoms with Crippen molar-refractivity contribution in [3.63, 3.8) is 0 Å². The first-order valence-corrected chi connectivity index (χ1v) is 12.3. The second kappa shape index (κ2) is 9.63. The van der Waals surface area contributed by atoms with Gasteiger partial charge in [-0.2, -0.15) is 13.2 Å². The molecule has 3 aromatic heterocycles. The van der Waals surface area contributed by atoms with Crippen molar-refractivity contribution >= 4 is 33.3 Å². The normalized spacial score (nSPS) is 16.8. The van der Waals surface area contributed by atoms with E-state index < -0.39 is 23.8 Å². The average Bonchev–Trinajstić information content (AvgIpc) is 3.63. The monoisotopic (exact) mass is 532 g/mol. The Morgan fingerprint density at radius 1 is 1.30 bits per heavy atom. The fourth-order valence-corrected chi connectivity index (χ4v) is 4.98. The Balaban J connectivity index is 1.47. The van der Waals surface area contributed by atoms with Gasteiger partial charge in [-0.05, 0) is 37.6 Å². The van der Waals surface area contributed by atoms with Gasteiger partial charge in [0.25, 0.3) is 5.91 Å². The summed E-state index contributed by atoms with van der Waals surface area (Å²) in [6.45, 7) is 3.02. The predicted molar refractivity (Wildman–Crippen MR) is 132 cm³/mol. The van der Waals surface area contributed by atoms with E-state index in [9.17, 15) is 18.0 Å². The molecule has 1 aromatic carbocycles. The summed E-state index contributed by atoms with van der Waals surface area (Å²) in [5.74, 6) is -0.0648. The van der Waals surface area contributed by atoms with Gasteiger partial charge in [-0.15, -0.1) is 11.3 Å². The highest BCUT2D eigenvalue weighted by molar-refractivity contribution is 7.13. The number of benzene rings is 1. The second-order valence-corrected chi connectivity index (χ2v) is 9.52. The van der Waals surface area contributed by atoms with Crippen molar-refractivity contribution in [1.82, 2.24) is 20.3 Å². The molecule has 4 aromatic rings. The molecule has 37 heavy (non-hydrogen) atoms. The highest BCUT2D eigenvalue weighted by Gasteiger charge is 2.34. The number of aromatic nitrogens is 3. The van der Waals surface area contributed by atoms with E-state index in [4.69, 9.17) is 14.9 Å². The molecule has 13 heteroatoms. The number of methoxy groups -OCH3 is 1. The number of hydrogen-bond acceptors (Lipinski definition) is 9. The van der Waals surface area contributed by atoms with Gasteiger partial charge in [-0.25, -0.2) is 15.0 Å². The lowest BCUT2D eigenvalue weighted by Crippen LogP contribution is -2.37. The number of rotatable bonds is 6. The Hall–Kier alpha value is -3.71. The van der Waals surface area contributed by atoms with Gasteiger partial charge in [0, 0.05) is 41.7 Å². The molecule has 0 unspecified atom stereocenters. The first-order chi connectivity index (χ1) is 17.7. The molecule has 1 aliphatic heterocycles. The number of nitrogens with zero attached hydrogens (tertiary/aromatic N) is 4. The van der Waals surface area contributed by atoms with E-state index in [-0.39, 0.29) is 34.7 Å². The SMILES string of the molecule is COc1ccc(-c2nc(C(=O)N[C@H]3CCN(c4nccs4)C3)c([C@H](C)N)o2)c2ccc(C(F)(F)F)nc12. The summed E-state index contributed by atoms with van der Waals surface area (Å²) in [6.07, 6.45) is -2.15. The molecule has 2 atom stereocenters. The van der Waals surface area contributed by atoms with Crippen LogP contribution in [0.25, 0.3) is 22.4 Å². The zero-order valence-electron chi connectivity index (χ0n) is 19.9. The second-order valence-electron chi connectivity index (χ2n) is 8.65. The molecule has 0 radical (unpaired) electrons. The van der Waals surface area contributed by atoms with Crippen molar-refractivity contribution in [2.24, 2.45) is 5.73 Å². The number of pyridine rings is 1. The van der Waals surface area contributed by atoms with Crippen LogP contribution >= 0.6 is 11.3 Å². The number of fused-ring (bicyclic) bond motifs is 1. The molecular formula is C24H23F3N6O3S. The molecule has 9 nitrogen and oxygen atoms in total. The van der Waals surface area contributed by atoms with E-state index in [1.54, 1.807) is 19.2 Å². The quantitative estimate of drug-likeness (QED) is 0.375. The number of amides is 1. The number of ether oxygens (including phenoxy) is 1. The lowest BCUT2D eigenvalue weighted by Gasteiger charge is -2.15. The van der Waals surface area contributed by atoms with Crippen molar-refractivity contribution in [3.8, 4) is 17.2 Å². The zero-order chi connectivity index (χ0) is 26.3. The summed E-state index contributed by atoms with van der Waals surface area (Å²) in [5.41, 5.74) is 5.40. The molecule has 4 heterocycles. The first kappa shape index (κ1) is 25.0. The number of carbonyl (C=O) groups excluding carboxylic acids is 1. The maximum atomic E-state index is 13.3. The minimum absolute atomic E-state index is 0.00499. The molecular weight excluding hydrogens is 509 g/mol. The minimum Gasteiger partial charge on any atom is -0.494 e. The molecule has 0 saturated carbocycles. The molecule has 1 saturated heterocycles. The number of hydrogen-bond donors (Lipinski definition) is 2. The summed E-state index contributed by atoms with van der Waals surface area (Å²) in [6, 6.07) is 4.46. The Bertz CT molecular complexity index is 1440. The number of anilines is 1. The van der Waals surface area contributed by atoms with Crippen LogP contribution in [-0.2, 0) is 6.18 Å². The standard InChI is InChI=1S/C24H23F3N6O3S/c1-12(28)20-19(21(34)30-13-7-9-33(11-13)23-29-8-10-37-23)32-22(36-20)15-3-5-16(35-2)18-14(15)4-6-17(31-18)24(25,26)27/h3-6,8,10,12-13H,7,9,11,28H2,1-2H3,(H,30,34)/t12-,13-/m0/s1. The van der Waals surface area contributed by atoms with Crippen LogP contribution in [0, 0.1) is 0 Å². The summed E-state index contributed by atoms with van der Waals surface area (Å²) < 4.78 is 51.0. The van der Waals surface area contributed by atoms with E-state index in [0.29, 0.717) is 17.5 Å². The van der Waals surface area contributed by atoms with Gasteiger partial charge in [0.05, 0.1) is 13.2 Å². The van der Waals surface area contributed by atoms with Gasteiger partial charge in [-0.1, -0.05) is 0 Å². The summed E-state index contributed by atoms with van der Waals surface area (Å²) in [5, 5.41) is 6.11. The minimum atomic E-state index is -4.62. The average molecular weight is 533 g/mol. The lowest BCUT2D eigenvalue weighted by atomic mass is 10.1. The van der Waals surface area contributed by atoms with Crippen LogP contribution in [0.1, 0.15) is 41.3 Å². The smallest absolute Gasteiger partial charge is 0.433 e. The van der Waals surface area contributed by atoms with Crippen molar-refractivity contribution in [3.05, 3.63) is 53.0 Å². The molecule has 3 N–H and O–H groups in total. The van der Waals surface area contributed by atoms with Gasteiger partial charge in [0.15, 0.2) is 16.6 Å². The molecule has 1 fully saturated rings. The van der Waals surface area contributed by atoms with Gasteiger partial charge in [0.2, 0.25) is 5.89 Å². The number of oxazole rings is 1. The van der Waals surface area contributed by atoms with Crippen LogP contribution < -0.4 is 20.7 Å². The molecule has 0 spiro atoms. The van der Waals surface area contributed by atoms with Gasteiger partial charge in [0.1, 0.15) is 17.0 Å². The Labute approximate surface area is 213 Å². The van der Waals surface area contributed by atoms with E-state index in [1.807, 2.05) is 5.38 Å². The van der Waals surface area contributed by atoms with Crippen molar-refractivity contribution in [2.75, 3.05) is 25.1 Å². The molecule has 0 aliphatic carbocycles. The number of thiazole rings is 1. The highest BCUT2D eigenvalue weighted by atomic mass is 32.1. The third-order valence-electron chi connectivity index (χ3n) is 6.06. The summed E-state index contributed by atoms with van der Waals surface area (Å²) >= 11 is 1.53. The van der Waals surface area contributed by atoms with Crippen LogP contribution in [0.4, 0.5) is 18.3 Å². The zero-order valence-corrected chi connectivity index (χ0v) is 20.7. The number of halogens is 3. The molecule has 0 bridgehead atoms. The van der Waals surface area contributed by atoms with Gasteiger partial charge >= 0.3 is 6.18 Å². The fourth-order valence-electron chi connectivity index (χ4n) is 4.30. The largest absolute Gasteiger partial charge is 0.494 e. The van der Waals surface area contributed by atoms with Crippen molar-refractivity contribution in [1.29, 1.82) is 0 Å². The first-order valence-electron chi connectivity index (χ1n) is 11.4. The van der Waals surface area contributed by atoms with Crippen molar-refractivity contribution < 1.29 is 27.1 Å². The highest BCUT2D eigenvalue weighted by Crippen LogP contribution is 2.37. The summed E-state index contributed by atoms with van der Waals surface area (Å²) in [7, 11) is 1.34. The van der Waals surface area contributed by atoms with Crippen LogP contribution in [0.5, 0.6) is 5.75 Å². The number of nitrogens with two attached hydrogens (primary N) is 1. The van der Waals surface area contributed by atoms with E-state index in [1.165, 1.54) is 30.6 Å². The Morgan fingerprint density at radius 2 is 2.11 bits per heavy atom. The maximum absolute atomic E-state index is 13.3. The summed E-state index contributed by atoms with van der Waals surface area (Å²) in [4.78, 5) is 27.8. The van der Waals surface area contributed by atoms with Crippen molar-refractivity contribution in [2.45, 2.75) is 31.6 Å². The van der Waals surface area contributed by atoms with E-state index >= 15 is 0 Å². The van der Waals surface area contributed by atoms with Crippen LogP contribution in [0.2, 0.25) is 0 Å². The topological polar surface area (TPSA) is 119 Å². The van der Waals surface area contributed by atoms with Crippen LogP contribution in [0.15, 0.2) is 40.3 Å². The molecule has 194 valence electrons. The van der Waals surface area contributed by atoms with Crippen LogP contribution in [0.3, 0.4) is 0 Å². The third-order valence-corrected chi connectivity index (χ3v) is 6.89. The number of alkyl halides is 3. The maximum Gasteiger partial charge on any atom is 0.433 e.